The highest BCUT2D eigenvalue weighted by atomic mass is 19.4. The molecular formula is C20H21F3N6O2. The molecule has 1 saturated heterocycles. The van der Waals surface area contributed by atoms with E-state index >= 15 is 0 Å². The Kier molecular flexibility index (Phi) is 5.63. The van der Waals surface area contributed by atoms with Gasteiger partial charge >= 0.3 is 6.18 Å². The van der Waals surface area contributed by atoms with Crippen LogP contribution in [0.4, 0.5) is 19.1 Å². The fourth-order valence-corrected chi connectivity index (χ4v) is 3.42. The number of likely N-dealkylation sites (tertiary alicyclic amines) is 1. The number of nitrogens with one attached hydrogen (secondary N) is 1. The topological polar surface area (TPSA) is 100 Å². The minimum Gasteiger partial charge on any atom is -0.380 e. The fourth-order valence-electron chi connectivity index (χ4n) is 3.42. The van der Waals surface area contributed by atoms with Crippen LogP contribution in [0.1, 0.15) is 18.6 Å². The summed E-state index contributed by atoms with van der Waals surface area (Å²) < 4.78 is 42.4. The zero-order valence-corrected chi connectivity index (χ0v) is 16.7. The van der Waals surface area contributed by atoms with E-state index in [0.29, 0.717) is 41.5 Å². The summed E-state index contributed by atoms with van der Waals surface area (Å²) in [5.74, 6) is 0.475. The maximum absolute atomic E-state index is 12.3. The highest BCUT2D eigenvalue weighted by molar-refractivity contribution is 5.62. The molecule has 11 heteroatoms. The molecule has 1 aliphatic heterocycles. The van der Waals surface area contributed by atoms with E-state index in [1.807, 2.05) is 11.9 Å². The van der Waals surface area contributed by atoms with Gasteiger partial charge in [0, 0.05) is 31.9 Å². The summed E-state index contributed by atoms with van der Waals surface area (Å²) in [6, 6.07) is 8.54. The van der Waals surface area contributed by atoms with Crippen molar-refractivity contribution < 1.29 is 22.8 Å². The first-order chi connectivity index (χ1) is 14.7. The Balaban J connectivity index is 1.52. The smallest absolute Gasteiger partial charge is 0.380 e. The van der Waals surface area contributed by atoms with Crippen LogP contribution >= 0.6 is 0 Å². The van der Waals surface area contributed by atoms with Gasteiger partial charge in [-0.3, -0.25) is 0 Å². The number of rotatable bonds is 6. The molecule has 3 aromatic heterocycles. The fraction of sp³-hybridized carbons (Fsp3) is 0.400. The Bertz CT molecular complexity index is 1060. The van der Waals surface area contributed by atoms with Crippen LogP contribution in [-0.2, 0) is 5.60 Å². The molecule has 8 nitrogen and oxygen atoms in total. The summed E-state index contributed by atoms with van der Waals surface area (Å²) in [7, 11) is 1.92. The van der Waals surface area contributed by atoms with E-state index in [9.17, 15) is 18.3 Å². The number of aromatic nitrogens is 4. The number of hydrogen-bond acceptors (Lipinski definition) is 8. The largest absolute Gasteiger partial charge is 0.390 e. The normalized spacial score (nSPS) is 19.6. The highest BCUT2D eigenvalue weighted by Crippen LogP contribution is 2.33. The molecular weight excluding hydrogens is 413 g/mol. The van der Waals surface area contributed by atoms with Crippen LogP contribution < -0.4 is 5.32 Å². The number of anilines is 1. The average Bonchev–Trinajstić information content (AvgIpc) is 3.35. The Morgan fingerprint density at radius 3 is 2.61 bits per heavy atom. The molecule has 1 fully saturated rings. The number of nitrogens with zero attached hydrogens (tertiary/aromatic N) is 5. The molecule has 3 aromatic rings. The molecule has 164 valence electrons. The zero-order valence-electron chi connectivity index (χ0n) is 16.7. The predicted octanol–water partition coefficient (Wildman–Crippen LogP) is 3.08. The minimum atomic E-state index is -4.25. The molecule has 0 aliphatic carbocycles. The van der Waals surface area contributed by atoms with Gasteiger partial charge < -0.3 is 19.8 Å². The number of aliphatic hydroxyl groups is 1. The van der Waals surface area contributed by atoms with Gasteiger partial charge in [0.1, 0.15) is 11.3 Å². The van der Waals surface area contributed by atoms with Crippen molar-refractivity contribution in [1.29, 1.82) is 0 Å². The van der Waals surface area contributed by atoms with Crippen molar-refractivity contribution in [3.05, 3.63) is 42.3 Å². The molecule has 2 N–H and O–H groups in total. The standard InChI is InChI=1S/C20H21F3N6O2/c1-29-10-7-19(30,12-29)17-11-16(28-31-17)14-4-2-3-13(26-14)15-5-8-24-18(27-15)25-9-6-20(21,22)23/h2-5,8,11,30H,6-7,9-10,12H2,1H3,(H,24,25,27)/t19-/m0/s1. The number of halogens is 3. The van der Waals surface area contributed by atoms with Gasteiger partial charge in [-0.15, -0.1) is 0 Å². The van der Waals surface area contributed by atoms with Gasteiger partial charge in [0.05, 0.1) is 23.5 Å². The van der Waals surface area contributed by atoms with Crippen LogP contribution in [-0.4, -0.2) is 63.0 Å². The van der Waals surface area contributed by atoms with E-state index in [1.165, 1.54) is 6.20 Å². The lowest BCUT2D eigenvalue weighted by atomic mass is 9.99. The van der Waals surface area contributed by atoms with Crippen molar-refractivity contribution in [2.24, 2.45) is 0 Å². The minimum absolute atomic E-state index is 0.0882. The molecule has 4 heterocycles. The lowest BCUT2D eigenvalue weighted by Gasteiger charge is -2.18. The molecule has 4 rings (SSSR count). The van der Waals surface area contributed by atoms with Crippen molar-refractivity contribution >= 4 is 5.95 Å². The van der Waals surface area contributed by atoms with Gasteiger partial charge in [-0.25, -0.2) is 15.0 Å². The van der Waals surface area contributed by atoms with E-state index < -0.39 is 18.2 Å². The molecule has 0 amide bonds. The third kappa shape index (κ3) is 5.00. The number of pyridine rings is 1. The molecule has 0 spiro atoms. The number of hydrogen-bond donors (Lipinski definition) is 2. The van der Waals surface area contributed by atoms with E-state index in [0.717, 1.165) is 6.54 Å². The molecule has 1 aliphatic rings. The van der Waals surface area contributed by atoms with Crippen LogP contribution in [0.15, 0.2) is 41.1 Å². The third-order valence-electron chi connectivity index (χ3n) is 5.03. The number of likely N-dealkylation sites (N-methyl/N-ethyl adjacent to an activating group) is 1. The summed E-state index contributed by atoms with van der Waals surface area (Å²) in [6.45, 7) is 0.897. The van der Waals surface area contributed by atoms with Crippen LogP contribution in [0, 0.1) is 0 Å². The van der Waals surface area contributed by atoms with E-state index in [-0.39, 0.29) is 12.5 Å². The summed E-state index contributed by atoms with van der Waals surface area (Å²) in [4.78, 5) is 14.7. The second kappa shape index (κ2) is 8.23. The molecule has 31 heavy (non-hydrogen) atoms. The van der Waals surface area contributed by atoms with Crippen molar-refractivity contribution in [1.82, 2.24) is 25.0 Å². The second-order valence-corrected chi connectivity index (χ2v) is 7.56. The van der Waals surface area contributed by atoms with Gasteiger partial charge in [0.15, 0.2) is 5.76 Å². The van der Waals surface area contributed by atoms with E-state index in [2.05, 4.69) is 25.4 Å². The van der Waals surface area contributed by atoms with Gasteiger partial charge in [-0.05, 0) is 31.7 Å². The maximum Gasteiger partial charge on any atom is 0.390 e. The van der Waals surface area contributed by atoms with Crippen molar-refractivity contribution in [2.75, 3.05) is 32.0 Å². The summed E-state index contributed by atoms with van der Waals surface area (Å²) >= 11 is 0. The summed E-state index contributed by atoms with van der Waals surface area (Å²) in [6.07, 6.45) is -3.23. The number of alkyl halides is 3. The molecule has 0 unspecified atom stereocenters. The van der Waals surface area contributed by atoms with Gasteiger partial charge in [-0.1, -0.05) is 11.2 Å². The maximum atomic E-state index is 12.3. The van der Waals surface area contributed by atoms with Gasteiger partial charge in [0.2, 0.25) is 5.95 Å². The molecule has 0 radical (unpaired) electrons. The molecule has 0 aromatic carbocycles. The highest BCUT2D eigenvalue weighted by Gasteiger charge is 2.39. The van der Waals surface area contributed by atoms with Crippen LogP contribution in [0.2, 0.25) is 0 Å². The van der Waals surface area contributed by atoms with Gasteiger partial charge in [0.25, 0.3) is 0 Å². The first kappa shape index (κ1) is 21.2. The molecule has 0 bridgehead atoms. The van der Waals surface area contributed by atoms with E-state index in [1.54, 1.807) is 30.3 Å². The van der Waals surface area contributed by atoms with Crippen molar-refractivity contribution in [2.45, 2.75) is 24.6 Å². The summed E-state index contributed by atoms with van der Waals surface area (Å²) in [5.41, 5.74) is 0.861. The van der Waals surface area contributed by atoms with Crippen LogP contribution in [0.3, 0.4) is 0 Å². The lowest BCUT2D eigenvalue weighted by Crippen LogP contribution is -2.28. The van der Waals surface area contributed by atoms with Crippen LogP contribution in [0.25, 0.3) is 22.8 Å². The van der Waals surface area contributed by atoms with Gasteiger partial charge in [-0.2, -0.15) is 13.2 Å². The summed E-state index contributed by atoms with van der Waals surface area (Å²) in [5, 5.41) is 17.4. The van der Waals surface area contributed by atoms with E-state index in [4.69, 9.17) is 4.52 Å². The SMILES string of the molecule is CN1CC[C@@](O)(c2cc(-c3cccc(-c4ccnc(NCCC(F)(F)F)n4)n3)no2)C1. The Morgan fingerprint density at radius 2 is 1.90 bits per heavy atom. The first-order valence-electron chi connectivity index (χ1n) is 9.71. The number of β-amino-alcohol motifs (C(OH)–C–C–N with tert-alkyl or cyclic N) is 1. The van der Waals surface area contributed by atoms with Crippen LogP contribution in [0.5, 0.6) is 0 Å². The quantitative estimate of drug-likeness (QED) is 0.611. The monoisotopic (exact) mass is 434 g/mol. The average molecular weight is 434 g/mol. The Morgan fingerprint density at radius 1 is 1.16 bits per heavy atom. The molecule has 0 saturated carbocycles. The lowest BCUT2D eigenvalue weighted by molar-refractivity contribution is -0.131. The first-order valence-corrected chi connectivity index (χ1v) is 9.71. The third-order valence-corrected chi connectivity index (χ3v) is 5.03. The molecule has 1 atom stereocenters. The van der Waals surface area contributed by atoms with Crippen molar-refractivity contribution in [3.8, 4) is 22.8 Å². The van der Waals surface area contributed by atoms with Crippen molar-refractivity contribution in [3.63, 3.8) is 0 Å². The zero-order chi connectivity index (χ0) is 22.1. The Hall–Kier alpha value is -3.05. The predicted molar refractivity (Wildman–Crippen MR) is 106 cm³/mol. The second-order valence-electron chi connectivity index (χ2n) is 7.56. The Labute approximate surface area is 176 Å².